The van der Waals surface area contributed by atoms with Gasteiger partial charge in [0.25, 0.3) is 0 Å². The Morgan fingerprint density at radius 2 is 0.704 bits per heavy atom. The number of phosphoric acid groups is 4. The molecule has 0 aromatic heterocycles. The topological polar surface area (TPSA) is 217 Å². The van der Waals surface area contributed by atoms with Crippen molar-refractivity contribution in [3.63, 3.8) is 0 Å². The first-order valence-electron chi connectivity index (χ1n) is 7.92. The SMILES string of the molecule is C1C2CC3CC1CC(C2)C3.O=P(O)(O)OP(=O)(O)OP(=O)(O)OP(=O)(O)O. The summed E-state index contributed by atoms with van der Waals surface area (Å²) in [6.07, 6.45) is 9.62. The van der Waals surface area contributed by atoms with E-state index < -0.39 is 31.3 Å². The maximum atomic E-state index is 10.7. The van der Waals surface area contributed by atoms with Gasteiger partial charge >= 0.3 is 31.3 Å². The molecule has 4 saturated carbocycles. The van der Waals surface area contributed by atoms with Gasteiger partial charge in [0.2, 0.25) is 0 Å². The Bertz CT molecular complexity index is 626. The first kappa shape index (κ1) is 23.8. The van der Waals surface area contributed by atoms with Crippen LogP contribution in [-0.4, -0.2) is 29.4 Å². The van der Waals surface area contributed by atoms with Crippen molar-refractivity contribution in [1.29, 1.82) is 0 Å². The van der Waals surface area contributed by atoms with Crippen LogP contribution in [0.15, 0.2) is 0 Å². The van der Waals surface area contributed by atoms with Crippen LogP contribution < -0.4 is 0 Å². The molecule has 160 valence electrons. The Balaban J connectivity index is 0.000000215. The van der Waals surface area contributed by atoms with E-state index in [1.165, 1.54) is 23.7 Å². The molecule has 0 heterocycles. The van der Waals surface area contributed by atoms with Crippen molar-refractivity contribution in [1.82, 2.24) is 0 Å². The third-order valence-electron chi connectivity index (χ3n) is 4.63. The van der Waals surface area contributed by atoms with Crippen LogP contribution in [0.3, 0.4) is 0 Å². The molecular weight excluding hydrogens is 452 g/mol. The van der Waals surface area contributed by atoms with E-state index in [4.69, 9.17) is 29.4 Å². The number of rotatable bonds is 6. The van der Waals surface area contributed by atoms with Crippen LogP contribution in [0, 0.1) is 23.7 Å². The van der Waals surface area contributed by atoms with Gasteiger partial charge < -0.3 is 29.4 Å². The molecule has 27 heavy (non-hydrogen) atoms. The summed E-state index contributed by atoms with van der Waals surface area (Å²) in [7, 11) is -22.6. The Morgan fingerprint density at radius 3 is 0.889 bits per heavy atom. The van der Waals surface area contributed by atoms with Crippen LogP contribution in [0.1, 0.15) is 38.5 Å². The lowest BCUT2D eigenvalue weighted by Crippen LogP contribution is -2.38. The van der Waals surface area contributed by atoms with Crippen LogP contribution in [-0.2, 0) is 31.2 Å². The summed E-state index contributed by atoms with van der Waals surface area (Å²) in [5.41, 5.74) is 0. The molecule has 2 atom stereocenters. The molecule has 0 radical (unpaired) electrons. The number of hydrogen-bond donors (Lipinski definition) is 6. The van der Waals surface area contributed by atoms with Gasteiger partial charge in [0, 0.05) is 0 Å². The van der Waals surface area contributed by atoms with E-state index in [1.54, 1.807) is 38.5 Å². The molecule has 2 unspecified atom stereocenters. The molecule has 4 bridgehead atoms. The molecule has 4 rings (SSSR count). The highest BCUT2D eigenvalue weighted by atomic mass is 31.3. The predicted molar refractivity (Wildman–Crippen MR) is 88.7 cm³/mol. The summed E-state index contributed by atoms with van der Waals surface area (Å²) in [4.78, 5) is 49.4. The minimum absolute atomic E-state index is 1.18. The second-order valence-electron chi connectivity index (χ2n) is 7.04. The lowest BCUT2D eigenvalue weighted by atomic mass is 9.56. The van der Waals surface area contributed by atoms with E-state index in [1.807, 2.05) is 0 Å². The van der Waals surface area contributed by atoms with Crippen molar-refractivity contribution in [3.8, 4) is 0 Å². The van der Waals surface area contributed by atoms with Gasteiger partial charge in [-0.25, -0.2) is 18.3 Å². The zero-order valence-corrected chi connectivity index (χ0v) is 17.5. The summed E-state index contributed by atoms with van der Waals surface area (Å²) in [5, 5.41) is 0. The van der Waals surface area contributed by atoms with Crippen LogP contribution >= 0.6 is 31.3 Å². The highest BCUT2D eigenvalue weighted by Gasteiger charge is 2.44. The summed E-state index contributed by atoms with van der Waals surface area (Å²) in [5.74, 6) is 4.71. The predicted octanol–water partition coefficient (Wildman–Crippen LogP) is 2.26. The molecule has 0 saturated heterocycles. The molecule has 0 aliphatic heterocycles. The molecule has 0 aromatic carbocycles. The van der Waals surface area contributed by atoms with Gasteiger partial charge in [-0.2, -0.15) is 12.9 Å². The lowest BCUT2D eigenvalue weighted by Gasteiger charge is -2.49. The first-order valence-corrected chi connectivity index (χ1v) is 14.0. The maximum Gasteiger partial charge on any atom is 0.490 e. The van der Waals surface area contributed by atoms with Gasteiger partial charge in [-0.3, -0.25) is 0 Å². The first-order chi connectivity index (χ1) is 12.0. The molecule has 13 nitrogen and oxygen atoms in total. The van der Waals surface area contributed by atoms with Gasteiger partial charge in [-0.1, -0.05) is 0 Å². The molecule has 0 aromatic rings. The van der Waals surface area contributed by atoms with Crippen LogP contribution in [0.5, 0.6) is 0 Å². The molecule has 17 heteroatoms. The summed E-state index contributed by atoms with van der Waals surface area (Å²) in [6.45, 7) is 0. The minimum Gasteiger partial charge on any atom is -0.302 e. The fourth-order valence-electron chi connectivity index (χ4n) is 4.41. The van der Waals surface area contributed by atoms with E-state index in [0.29, 0.717) is 0 Å². The molecule has 4 aliphatic carbocycles. The van der Waals surface area contributed by atoms with Crippen LogP contribution in [0.25, 0.3) is 0 Å². The van der Waals surface area contributed by atoms with Gasteiger partial charge in [-0.15, -0.1) is 0 Å². The van der Waals surface area contributed by atoms with Crippen molar-refractivity contribution in [2.45, 2.75) is 38.5 Å². The Morgan fingerprint density at radius 1 is 0.481 bits per heavy atom. The van der Waals surface area contributed by atoms with Gasteiger partial charge in [-0.05, 0) is 62.2 Å². The van der Waals surface area contributed by atoms with Crippen molar-refractivity contribution in [2.24, 2.45) is 23.7 Å². The fraction of sp³-hybridized carbons (Fsp3) is 1.00. The Kier molecular flexibility index (Phi) is 7.38. The van der Waals surface area contributed by atoms with Crippen molar-refractivity contribution in [3.05, 3.63) is 0 Å². The maximum absolute atomic E-state index is 10.7. The summed E-state index contributed by atoms with van der Waals surface area (Å²) in [6, 6.07) is 0. The normalized spacial score (nSPS) is 34.3. The smallest absolute Gasteiger partial charge is 0.302 e. The molecule has 4 fully saturated rings. The van der Waals surface area contributed by atoms with E-state index in [-0.39, 0.29) is 0 Å². The highest BCUT2D eigenvalue weighted by molar-refractivity contribution is 7.69. The summed E-state index contributed by atoms with van der Waals surface area (Å²) >= 11 is 0. The zero-order valence-electron chi connectivity index (χ0n) is 13.9. The van der Waals surface area contributed by atoms with Gasteiger partial charge in [0.1, 0.15) is 0 Å². The Labute approximate surface area is 154 Å². The standard InChI is InChI=1S/C10H16.H6O13P4/c1-7-2-9-4-8(1)5-10(3-7)6-9;1-14(2,3)11-16(7,8)13-17(9,10)12-15(4,5)6/h7-10H,1-6H2;(H,7,8)(H,9,10)(H2,1,2,3)(H2,4,5,6). The highest BCUT2D eigenvalue weighted by Crippen LogP contribution is 2.69. The lowest BCUT2D eigenvalue weighted by molar-refractivity contribution is 0.0198. The second kappa shape index (κ2) is 8.36. The van der Waals surface area contributed by atoms with Crippen LogP contribution in [0.2, 0.25) is 0 Å². The minimum atomic E-state index is -5.77. The van der Waals surface area contributed by atoms with E-state index in [9.17, 15) is 18.3 Å². The quantitative estimate of drug-likeness (QED) is 0.305. The molecule has 0 amide bonds. The third-order valence-corrected chi connectivity index (χ3v) is 9.63. The van der Waals surface area contributed by atoms with E-state index in [2.05, 4.69) is 12.9 Å². The Hall–Kier alpha value is 0.560. The largest absolute Gasteiger partial charge is 0.490 e. The van der Waals surface area contributed by atoms with Crippen molar-refractivity contribution in [2.75, 3.05) is 0 Å². The van der Waals surface area contributed by atoms with Gasteiger partial charge in [0.05, 0.1) is 0 Å². The fourth-order valence-corrected chi connectivity index (χ4v) is 8.38. The molecule has 4 aliphatic rings. The summed E-state index contributed by atoms with van der Waals surface area (Å²) < 4.78 is 50.9. The second-order valence-corrected chi connectivity index (χ2v) is 12.8. The zero-order chi connectivity index (χ0) is 20.7. The molecule has 0 spiro atoms. The molecule has 6 N–H and O–H groups in total. The average molecular weight is 474 g/mol. The monoisotopic (exact) mass is 474 g/mol. The van der Waals surface area contributed by atoms with Crippen molar-refractivity contribution < 1.29 is 60.6 Å². The van der Waals surface area contributed by atoms with Crippen molar-refractivity contribution >= 4 is 31.3 Å². The van der Waals surface area contributed by atoms with E-state index >= 15 is 0 Å². The molecular formula is C10H22O13P4. The van der Waals surface area contributed by atoms with Gasteiger partial charge in [0.15, 0.2) is 0 Å². The van der Waals surface area contributed by atoms with E-state index in [0.717, 1.165) is 0 Å². The van der Waals surface area contributed by atoms with Crippen LogP contribution in [0.4, 0.5) is 0 Å². The third kappa shape index (κ3) is 8.84. The number of hydrogen-bond acceptors (Lipinski definition) is 7. The average Bonchev–Trinajstić information content (AvgIpc) is 2.28.